The Morgan fingerprint density at radius 2 is 2.00 bits per heavy atom. The number of rotatable bonds is 1. The average molecular weight is 153 g/mol. The number of aryl methyl sites for hydroxylation is 1. The number of hydrogen-bond donors (Lipinski definition) is 0. The molecule has 0 bridgehead atoms. The lowest BCUT2D eigenvalue weighted by Gasteiger charge is -1.84. The summed E-state index contributed by atoms with van der Waals surface area (Å²) in [6, 6.07) is 1.81. The molecule has 0 aliphatic heterocycles. The van der Waals surface area contributed by atoms with E-state index in [-0.39, 0.29) is 5.78 Å². The SMILES string of the molecule is CC.CC(=O)c1ccn(C)c1. The molecular weight excluding hydrogens is 138 g/mol. The minimum Gasteiger partial charge on any atom is -0.357 e. The van der Waals surface area contributed by atoms with Crippen LogP contribution in [0.4, 0.5) is 0 Å². The summed E-state index contributed by atoms with van der Waals surface area (Å²) in [5.74, 6) is 0.121. The van der Waals surface area contributed by atoms with Crippen molar-refractivity contribution >= 4 is 5.78 Å². The van der Waals surface area contributed by atoms with Crippen LogP contribution < -0.4 is 0 Å². The molecule has 1 aromatic rings. The van der Waals surface area contributed by atoms with Gasteiger partial charge in [0, 0.05) is 25.0 Å². The highest BCUT2D eigenvalue weighted by atomic mass is 16.1. The van der Waals surface area contributed by atoms with Crippen LogP contribution in [0.3, 0.4) is 0 Å². The number of carbonyl (C=O) groups is 1. The molecule has 11 heavy (non-hydrogen) atoms. The predicted molar refractivity (Wildman–Crippen MR) is 46.8 cm³/mol. The van der Waals surface area contributed by atoms with Gasteiger partial charge >= 0.3 is 0 Å². The molecule has 1 rings (SSSR count). The largest absolute Gasteiger partial charge is 0.357 e. The molecule has 0 radical (unpaired) electrons. The fraction of sp³-hybridized carbons (Fsp3) is 0.444. The van der Waals surface area contributed by atoms with Crippen molar-refractivity contribution in [3.8, 4) is 0 Å². The van der Waals surface area contributed by atoms with Crippen molar-refractivity contribution in [3.63, 3.8) is 0 Å². The van der Waals surface area contributed by atoms with E-state index in [4.69, 9.17) is 0 Å². The van der Waals surface area contributed by atoms with Crippen LogP contribution in [0.2, 0.25) is 0 Å². The van der Waals surface area contributed by atoms with Crippen molar-refractivity contribution < 1.29 is 4.79 Å². The number of nitrogens with zero attached hydrogens (tertiary/aromatic N) is 1. The molecule has 1 heterocycles. The summed E-state index contributed by atoms with van der Waals surface area (Å²) in [4.78, 5) is 10.6. The average Bonchev–Trinajstić information content (AvgIpc) is 2.40. The third kappa shape index (κ3) is 3.03. The third-order valence-electron chi connectivity index (χ3n) is 1.24. The molecular formula is C9H15NO. The summed E-state index contributed by atoms with van der Waals surface area (Å²) in [6.45, 7) is 5.56. The summed E-state index contributed by atoms with van der Waals surface area (Å²) >= 11 is 0. The molecule has 2 heteroatoms. The second-order valence-corrected chi connectivity index (χ2v) is 2.12. The van der Waals surface area contributed by atoms with E-state index in [2.05, 4.69) is 0 Å². The van der Waals surface area contributed by atoms with Crippen LogP contribution in [0.25, 0.3) is 0 Å². The maximum Gasteiger partial charge on any atom is 0.161 e. The lowest BCUT2D eigenvalue weighted by Crippen LogP contribution is -1.87. The monoisotopic (exact) mass is 153 g/mol. The van der Waals surface area contributed by atoms with Crippen molar-refractivity contribution in [2.75, 3.05) is 0 Å². The van der Waals surface area contributed by atoms with Gasteiger partial charge in [-0.15, -0.1) is 0 Å². The highest BCUT2D eigenvalue weighted by Gasteiger charge is 1.97. The summed E-state index contributed by atoms with van der Waals surface area (Å²) in [6.07, 6.45) is 3.67. The Balaban J connectivity index is 0.000000461. The Kier molecular flexibility index (Phi) is 4.27. The number of Topliss-reactive ketones (excluding diaryl/α,β-unsaturated/α-hetero) is 1. The highest BCUT2D eigenvalue weighted by molar-refractivity contribution is 5.93. The van der Waals surface area contributed by atoms with Crippen molar-refractivity contribution in [2.45, 2.75) is 20.8 Å². The fourth-order valence-corrected chi connectivity index (χ4v) is 0.712. The van der Waals surface area contributed by atoms with Gasteiger partial charge in [-0.2, -0.15) is 0 Å². The molecule has 0 N–H and O–H groups in total. The van der Waals surface area contributed by atoms with Crippen molar-refractivity contribution in [3.05, 3.63) is 24.0 Å². The Morgan fingerprint density at radius 1 is 1.45 bits per heavy atom. The Hall–Kier alpha value is -1.05. The minimum absolute atomic E-state index is 0.121. The number of aromatic nitrogens is 1. The van der Waals surface area contributed by atoms with Gasteiger partial charge in [0.15, 0.2) is 5.78 Å². The van der Waals surface area contributed by atoms with E-state index in [1.807, 2.05) is 43.9 Å². The van der Waals surface area contributed by atoms with Crippen LogP contribution in [0, 0.1) is 0 Å². The van der Waals surface area contributed by atoms with E-state index in [1.54, 1.807) is 6.92 Å². The van der Waals surface area contributed by atoms with Gasteiger partial charge in [0.25, 0.3) is 0 Å². The molecule has 0 aliphatic carbocycles. The van der Waals surface area contributed by atoms with Gasteiger partial charge in [-0.25, -0.2) is 0 Å². The Labute approximate surface area is 67.8 Å². The normalized spacial score (nSPS) is 8.36. The maximum atomic E-state index is 10.6. The van der Waals surface area contributed by atoms with Gasteiger partial charge in [-0.05, 0) is 13.0 Å². The van der Waals surface area contributed by atoms with Crippen LogP contribution in [-0.2, 0) is 7.05 Å². The predicted octanol–water partition coefficient (Wildman–Crippen LogP) is 2.25. The molecule has 0 fully saturated rings. The van der Waals surface area contributed by atoms with Gasteiger partial charge in [0.1, 0.15) is 0 Å². The zero-order valence-electron chi connectivity index (χ0n) is 7.59. The molecule has 0 saturated heterocycles. The van der Waals surface area contributed by atoms with Crippen molar-refractivity contribution in [2.24, 2.45) is 7.05 Å². The molecule has 0 amide bonds. The van der Waals surface area contributed by atoms with Crippen LogP contribution >= 0.6 is 0 Å². The standard InChI is InChI=1S/C7H9NO.C2H6/c1-6(9)7-3-4-8(2)5-7;1-2/h3-5H,1-2H3;1-2H3. The van der Waals surface area contributed by atoms with Crippen molar-refractivity contribution in [1.29, 1.82) is 0 Å². The first kappa shape index (κ1) is 9.95. The Morgan fingerprint density at radius 3 is 2.18 bits per heavy atom. The molecule has 62 valence electrons. The first-order valence-electron chi connectivity index (χ1n) is 3.83. The number of carbonyl (C=O) groups excluding carboxylic acids is 1. The van der Waals surface area contributed by atoms with E-state index in [1.165, 1.54) is 0 Å². The molecule has 0 spiro atoms. The maximum absolute atomic E-state index is 10.6. The smallest absolute Gasteiger partial charge is 0.161 e. The first-order chi connectivity index (χ1) is 5.20. The summed E-state index contributed by atoms with van der Waals surface area (Å²) in [5, 5.41) is 0. The minimum atomic E-state index is 0.121. The quantitative estimate of drug-likeness (QED) is 0.567. The molecule has 2 nitrogen and oxygen atoms in total. The second kappa shape index (κ2) is 4.72. The fourth-order valence-electron chi connectivity index (χ4n) is 0.712. The topological polar surface area (TPSA) is 22.0 Å². The van der Waals surface area contributed by atoms with E-state index in [0.29, 0.717) is 0 Å². The zero-order valence-corrected chi connectivity index (χ0v) is 7.59. The number of hydrogen-bond acceptors (Lipinski definition) is 1. The molecule has 0 saturated carbocycles. The Bertz CT molecular complexity index is 225. The lowest BCUT2D eigenvalue weighted by atomic mass is 10.2. The number of ketones is 1. The van der Waals surface area contributed by atoms with E-state index in [0.717, 1.165) is 5.56 Å². The van der Waals surface area contributed by atoms with Crippen LogP contribution in [0.5, 0.6) is 0 Å². The molecule has 0 aromatic carbocycles. The molecule has 0 atom stereocenters. The highest BCUT2D eigenvalue weighted by Crippen LogP contribution is 1.98. The van der Waals surface area contributed by atoms with Gasteiger partial charge in [0.05, 0.1) is 0 Å². The first-order valence-corrected chi connectivity index (χ1v) is 3.83. The lowest BCUT2D eigenvalue weighted by molar-refractivity contribution is 0.101. The van der Waals surface area contributed by atoms with Crippen molar-refractivity contribution in [1.82, 2.24) is 4.57 Å². The van der Waals surface area contributed by atoms with Crippen LogP contribution in [0.15, 0.2) is 18.5 Å². The van der Waals surface area contributed by atoms with Gasteiger partial charge < -0.3 is 4.57 Å². The van der Waals surface area contributed by atoms with E-state index < -0.39 is 0 Å². The molecule has 0 aliphatic rings. The summed E-state index contributed by atoms with van der Waals surface area (Å²) in [7, 11) is 1.90. The van der Waals surface area contributed by atoms with Crippen LogP contribution in [0.1, 0.15) is 31.1 Å². The molecule has 0 unspecified atom stereocenters. The van der Waals surface area contributed by atoms with E-state index in [9.17, 15) is 4.79 Å². The second-order valence-electron chi connectivity index (χ2n) is 2.12. The summed E-state index contributed by atoms with van der Waals surface area (Å²) in [5.41, 5.74) is 0.775. The zero-order chi connectivity index (χ0) is 8.85. The third-order valence-corrected chi connectivity index (χ3v) is 1.24. The van der Waals surface area contributed by atoms with Crippen LogP contribution in [-0.4, -0.2) is 10.4 Å². The summed E-state index contributed by atoms with van der Waals surface area (Å²) < 4.78 is 1.86. The van der Waals surface area contributed by atoms with Gasteiger partial charge in [-0.3, -0.25) is 4.79 Å². The van der Waals surface area contributed by atoms with Gasteiger partial charge in [-0.1, -0.05) is 13.8 Å². The molecule has 1 aromatic heterocycles. The van der Waals surface area contributed by atoms with Gasteiger partial charge in [0.2, 0.25) is 0 Å². The van der Waals surface area contributed by atoms with E-state index >= 15 is 0 Å².